The molecule has 6 nitrogen and oxygen atoms in total. The predicted octanol–water partition coefficient (Wildman–Crippen LogP) is 2.55. The van der Waals surface area contributed by atoms with Crippen LogP contribution in [0.15, 0.2) is 24.5 Å². The van der Waals surface area contributed by atoms with Gasteiger partial charge in [0.1, 0.15) is 6.54 Å². The molecule has 3 heterocycles. The fraction of sp³-hybridized carbons (Fsp3) is 0.550. The van der Waals surface area contributed by atoms with Gasteiger partial charge in [-0.2, -0.15) is 5.10 Å². The average molecular weight is 355 g/mol. The number of pyridine rings is 1. The Morgan fingerprint density at radius 2 is 2.00 bits per heavy atom. The van der Waals surface area contributed by atoms with Gasteiger partial charge in [0.2, 0.25) is 5.91 Å². The van der Waals surface area contributed by atoms with E-state index in [4.69, 9.17) is 0 Å². The molecule has 2 aromatic rings. The van der Waals surface area contributed by atoms with Gasteiger partial charge >= 0.3 is 0 Å². The molecule has 0 spiro atoms. The second kappa shape index (κ2) is 8.45. The predicted molar refractivity (Wildman–Crippen MR) is 102 cm³/mol. The van der Waals surface area contributed by atoms with E-state index in [0.29, 0.717) is 6.54 Å². The Morgan fingerprint density at radius 1 is 1.23 bits per heavy atom. The average Bonchev–Trinajstić information content (AvgIpc) is 2.90. The standard InChI is InChI=1S/C20H29N5O/c1-15-16(2)23-25(17(15)3)14-20(26)22-13-19(18-8-7-9-21-12-18)24-10-5-4-6-11-24/h7-9,12,19H,4-6,10-11,13-14H2,1-3H3,(H,22,26). The number of nitrogens with zero attached hydrogens (tertiary/aromatic N) is 4. The summed E-state index contributed by atoms with van der Waals surface area (Å²) in [6, 6.07) is 4.24. The monoisotopic (exact) mass is 355 g/mol. The summed E-state index contributed by atoms with van der Waals surface area (Å²) in [5, 5.41) is 7.57. The van der Waals surface area contributed by atoms with Crippen molar-refractivity contribution in [2.24, 2.45) is 0 Å². The minimum absolute atomic E-state index is 0.00139. The maximum absolute atomic E-state index is 12.5. The molecule has 0 radical (unpaired) electrons. The highest BCUT2D eigenvalue weighted by Gasteiger charge is 2.23. The second-order valence-electron chi connectivity index (χ2n) is 7.16. The van der Waals surface area contributed by atoms with Gasteiger partial charge < -0.3 is 5.32 Å². The van der Waals surface area contributed by atoms with Gasteiger partial charge in [-0.25, -0.2) is 0 Å². The minimum atomic E-state index is 0.00139. The zero-order valence-corrected chi connectivity index (χ0v) is 16.0. The Kier molecular flexibility index (Phi) is 6.04. The van der Waals surface area contributed by atoms with Crippen molar-refractivity contribution in [3.63, 3.8) is 0 Å². The van der Waals surface area contributed by atoms with E-state index >= 15 is 0 Å². The third kappa shape index (κ3) is 4.30. The highest BCUT2D eigenvalue weighted by Crippen LogP contribution is 2.23. The van der Waals surface area contributed by atoms with Crippen molar-refractivity contribution in [2.75, 3.05) is 19.6 Å². The largest absolute Gasteiger partial charge is 0.353 e. The minimum Gasteiger partial charge on any atom is -0.353 e. The van der Waals surface area contributed by atoms with Crippen molar-refractivity contribution < 1.29 is 4.79 Å². The Bertz CT molecular complexity index is 734. The fourth-order valence-corrected chi connectivity index (χ4v) is 3.60. The normalized spacial score (nSPS) is 16.4. The lowest BCUT2D eigenvalue weighted by Crippen LogP contribution is -2.41. The molecule has 1 unspecified atom stereocenters. The molecular formula is C20H29N5O. The number of aryl methyl sites for hydroxylation is 1. The third-order valence-electron chi connectivity index (χ3n) is 5.43. The van der Waals surface area contributed by atoms with Crippen LogP contribution >= 0.6 is 0 Å². The topological polar surface area (TPSA) is 63.1 Å². The van der Waals surface area contributed by atoms with Crippen LogP contribution in [0.4, 0.5) is 0 Å². The molecule has 1 fully saturated rings. The summed E-state index contributed by atoms with van der Waals surface area (Å²) in [5.41, 5.74) is 4.35. The maximum Gasteiger partial charge on any atom is 0.241 e. The van der Waals surface area contributed by atoms with Gasteiger partial charge in [0.15, 0.2) is 0 Å². The van der Waals surface area contributed by atoms with Gasteiger partial charge in [-0.1, -0.05) is 12.5 Å². The zero-order valence-electron chi connectivity index (χ0n) is 16.0. The molecule has 0 aromatic carbocycles. The lowest BCUT2D eigenvalue weighted by molar-refractivity contribution is -0.122. The van der Waals surface area contributed by atoms with Crippen LogP contribution in [0.1, 0.15) is 47.8 Å². The lowest BCUT2D eigenvalue weighted by Gasteiger charge is -2.34. The first-order valence-electron chi connectivity index (χ1n) is 9.47. The maximum atomic E-state index is 12.5. The summed E-state index contributed by atoms with van der Waals surface area (Å²) in [4.78, 5) is 19.2. The van der Waals surface area contributed by atoms with Gasteiger partial charge in [0.05, 0.1) is 11.7 Å². The molecule has 26 heavy (non-hydrogen) atoms. The van der Waals surface area contributed by atoms with Crippen molar-refractivity contribution in [1.82, 2.24) is 25.0 Å². The molecule has 0 aliphatic carbocycles. The molecule has 1 N–H and O–H groups in total. The van der Waals surface area contributed by atoms with Crippen molar-refractivity contribution in [2.45, 2.75) is 52.6 Å². The summed E-state index contributed by atoms with van der Waals surface area (Å²) >= 11 is 0. The number of aromatic nitrogens is 3. The van der Waals surface area contributed by atoms with Crippen molar-refractivity contribution in [3.8, 4) is 0 Å². The smallest absolute Gasteiger partial charge is 0.241 e. The molecule has 140 valence electrons. The van der Waals surface area contributed by atoms with Gasteiger partial charge in [0.25, 0.3) is 0 Å². The van der Waals surface area contributed by atoms with Crippen LogP contribution in [0.3, 0.4) is 0 Å². The van der Waals surface area contributed by atoms with E-state index in [1.165, 1.54) is 19.3 Å². The van der Waals surface area contributed by atoms with Gasteiger partial charge in [-0.05, 0) is 63.9 Å². The summed E-state index contributed by atoms with van der Waals surface area (Å²) in [6.45, 7) is 9.04. The number of nitrogens with one attached hydrogen (secondary N) is 1. The van der Waals surface area contributed by atoms with Crippen LogP contribution in [0, 0.1) is 20.8 Å². The molecule has 6 heteroatoms. The van der Waals surface area contributed by atoms with Gasteiger partial charge in [0, 0.05) is 24.6 Å². The van der Waals surface area contributed by atoms with Crippen LogP contribution in [0.25, 0.3) is 0 Å². The first-order chi connectivity index (χ1) is 12.6. The number of hydrogen-bond donors (Lipinski definition) is 1. The van der Waals surface area contributed by atoms with Gasteiger partial charge in [-0.15, -0.1) is 0 Å². The third-order valence-corrected chi connectivity index (χ3v) is 5.43. The number of carbonyl (C=O) groups excluding carboxylic acids is 1. The molecule has 1 aliphatic rings. The second-order valence-corrected chi connectivity index (χ2v) is 7.16. The van der Waals surface area contributed by atoms with E-state index < -0.39 is 0 Å². The molecular weight excluding hydrogens is 326 g/mol. The summed E-state index contributed by atoms with van der Waals surface area (Å²) in [7, 11) is 0. The number of amides is 1. The van der Waals surface area contributed by atoms with E-state index in [0.717, 1.165) is 35.6 Å². The highest BCUT2D eigenvalue weighted by molar-refractivity contribution is 5.75. The summed E-state index contributed by atoms with van der Waals surface area (Å²) < 4.78 is 1.79. The zero-order chi connectivity index (χ0) is 18.5. The Hall–Kier alpha value is -2.21. The molecule has 2 aromatic heterocycles. The highest BCUT2D eigenvalue weighted by atomic mass is 16.2. The van der Waals surface area contributed by atoms with Crippen LogP contribution in [0.5, 0.6) is 0 Å². The molecule has 1 saturated heterocycles. The van der Waals surface area contributed by atoms with E-state index in [2.05, 4.69) is 26.4 Å². The van der Waals surface area contributed by atoms with Crippen molar-refractivity contribution in [3.05, 3.63) is 47.0 Å². The number of rotatable bonds is 6. The molecule has 1 amide bonds. The van der Waals surface area contributed by atoms with E-state index in [9.17, 15) is 4.79 Å². The van der Waals surface area contributed by atoms with E-state index in [1.54, 1.807) is 10.9 Å². The number of likely N-dealkylation sites (tertiary alicyclic amines) is 1. The number of piperidine rings is 1. The molecule has 0 bridgehead atoms. The number of hydrogen-bond acceptors (Lipinski definition) is 4. The fourth-order valence-electron chi connectivity index (χ4n) is 3.60. The number of carbonyl (C=O) groups is 1. The first-order valence-corrected chi connectivity index (χ1v) is 9.47. The SMILES string of the molecule is Cc1nn(CC(=O)NCC(c2cccnc2)N2CCCCC2)c(C)c1C. The van der Waals surface area contributed by atoms with Crippen molar-refractivity contribution in [1.29, 1.82) is 0 Å². The van der Waals surface area contributed by atoms with Crippen molar-refractivity contribution >= 4 is 5.91 Å². The van der Waals surface area contributed by atoms with E-state index in [1.807, 2.05) is 33.0 Å². The Labute approximate surface area is 155 Å². The van der Waals surface area contributed by atoms with Crippen LogP contribution in [0.2, 0.25) is 0 Å². The van der Waals surface area contributed by atoms with Crippen LogP contribution < -0.4 is 5.32 Å². The molecule has 1 atom stereocenters. The van der Waals surface area contributed by atoms with E-state index in [-0.39, 0.29) is 18.5 Å². The lowest BCUT2D eigenvalue weighted by atomic mass is 10.0. The van der Waals surface area contributed by atoms with Crippen LogP contribution in [-0.2, 0) is 11.3 Å². The van der Waals surface area contributed by atoms with Gasteiger partial charge in [-0.3, -0.25) is 19.4 Å². The Balaban J connectivity index is 1.65. The Morgan fingerprint density at radius 3 is 2.62 bits per heavy atom. The summed E-state index contributed by atoms with van der Waals surface area (Å²) in [5.74, 6) is 0.00139. The molecule has 1 aliphatic heterocycles. The van der Waals surface area contributed by atoms with Crippen LogP contribution in [-0.4, -0.2) is 45.2 Å². The quantitative estimate of drug-likeness (QED) is 0.865. The molecule has 3 rings (SSSR count). The first kappa shape index (κ1) is 18.6. The summed E-state index contributed by atoms with van der Waals surface area (Å²) in [6.07, 6.45) is 7.43. The molecule has 0 saturated carbocycles.